The van der Waals surface area contributed by atoms with E-state index >= 15 is 0 Å². The van der Waals surface area contributed by atoms with Crippen molar-refractivity contribution in [3.63, 3.8) is 0 Å². The second-order valence-corrected chi connectivity index (χ2v) is 3.91. The highest BCUT2D eigenvalue weighted by molar-refractivity contribution is 7.85. The van der Waals surface area contributed by atoms with Crippen molar-refractivity contribution in [2.45, 2.75) is 6.61 Å². The first-order chi connectivity index (χ1) is 6.42. The Morgan fingerprint density at radius 3 is 2.21 bits per heavy atom. The van der Waals surface area contributed by atoms with E-state index in [1.54, 1.807) is 0 Å². The van der Waals surface area contributed by atoms with Crippen LogP contribution in [0.3, 0.4) is 0 Å². The largest absolute Gasteiger partial charge is 0.377 e. The van der Waals surface area contributed by atoms with Crippen LogP contribution >= 0.6 is 0 Å². The molecule has 0 spiro atoms. The minimum absolute atomic E-state index is 0.0136. The molecule has 14 heavy (non-hydrogen) atoms. The fourth-order valence-corrected chi connectivity index (χ4v) is 0.913. The SMILES string of the molecule is CS(=O)(=O)OCCOCCOC(F)F. The smallest absolute Gasteiger partial charge is 0.345 e. The molecule has 0 aliphatic carbocycles. The lowest BCUT2D eigenvalue weighted by atomic mass is 10.7. The maximum Gasteiger partial charge on any atom is 0.345 e. The fraction of sp³-hybridized carbons (Fsp3) is 1.00. The average Bonchev–Trinajstić information content (AvgIpc) is 2.00. The Kier molecular flexibility index (Phi) is 6.89. The second kappa shape index (κ2) is 7.04. The lowest BCUT2D eigenvalue weighted by molar-refractivity contribution is -0.139. The Morgan fingerprint density at radius 2 is 1.71 bits per heavy atom. The Labute approximate surface area is 81.1 Å². The summed E-state index contributed by atoms with van der Waals surface area (Å²) in [5.41, 5.74) is 0. The first kappa shape index (κ1) is 13.7. The van der Waals surface area contributed by atoms with Gasteiger partial charge in [0.05, 0.1) is 32.7 Å². The number of halogens is 2. The molecule has 0 N–H and O–H groups in total. The van der Waals surface area contributed by atoms with E-state index in [2.05, 4.69) is 8.92 Å². The zero-order valence-electron chi connectivity index (χ0n) is 7.61. The standard InChI is InChI=1S/C6H12F2O5S/c1-14(9,10)13-5-3-11-2-4-12-6(7)8/h6H,2-5H2,1H3. The van der Waals surface area contributed by atoms with Gasteiger partial charge >= 0.3 is 6.61 Å². The Hall–Kier alpha value is -0.310. The van der Waals surface area contributed by atoms with E-state index in [1.807, 2.05) is 0 Å². The van der Waals surface area contributed by atoms with Crippen LogP contribution in [0.25, 0.3) is 0 Å². The molecule has 0 saturated carbocycles. The van der Waals surface area contributed by atoms with Crippen molar-refractivity contribution >= 4 is 10.1 Å². The zero-order chi connectivity index (χ0) is 11.0. The molecule has 0 amide bonds. The van der Waals surface area contributed by atoms with E-state index in [1.165, 1.54) is 0 Å². The molecule has 0 saturated heterocycles. The van der Waals surface area contributed by atoms with Gasteiger partial charge in [0.15, 0.2) is 0 Å². The molecule has 0 unspecified atom stereocenters. The van der Waals surface area contributed by atoms with Gasteiger partial charge in [0.25, 0.3) is 10.1 Å². The summed E-state index contributed by atoms with van der Waals surface area (Å²) < 4.78 is 56.5. The number of ether oxygens (including phenoxy) is 2. The Bertz CT molecular complexity index is 228. The molecular weight excluding hydrogens is 222 g/mol. The highest BCUT2D eigenvalue weighted by Crippen LogP contribution is 1.93. The van der Waals surface area contributed by atoms with Crippen LogP contribution < -0.4 is 0 Å². The van der Waals surface area contributed by atoms with Crippen LogP contribution in [0.2, 0.25) is 0 Å². The minimum Gasteiger partial charge on any atom is -0.377 e. The summed E-state index contributed by atoms with van der Waals surface area (Å²) in [7, 11) is -3.46. The molecule has 0 aromatic carbocycles. The summed E-state index contributed by atoms with van der Waals surface area (Å²) in [5.74, 6) is 0. The minimum atomic E-state index is -3.46. The van der Waals surface area contributed by atoms with Gasteiger partial charge in [-0.25, -0.2) is 0 Å². The van der Waals surface area contributed by atoms with Gasteiger partial charge in [0.1, 0.15) is 0 Å². The molecule has 8 heteroatoms. The molecule has 0 heterocycles. The van der Waals surface area contributed by atoms with E-state index in [9.17, 15) is 17.2 Å². The van der Waals surface area contributed by atoms with Crippen LogP contribution in [0, 0.1) is 0 Å². The van der Waals surface area contributed by atoms with Crippen molar-refractivity contribution in [1.82, 2.24) is 0 Å². The maximum atomic E-state index is 11.4. The highest BCUT2D eigenvalue weighted by Gasteiger charge is 2.02. The first-order valence-electron chi connectivity index (χ1n) is 3.74. The molecule has 0 aliphatic rings. The zero-order valence-corrected chi connectivity index (χ0v) is 8.43. The lowest BCUT2D eigenvalue weighted by Crippen LogP contribution is -2.13. The van der Waals surface area contributed by atoms with Crippen molar-refractivity contribution in [2.75, 3.05) is 32.7 Å². The number of alkyl halides is 2. The molecule has 5 nitrogen and oxygen atoms in total. The van der Waals surface area contributed by atoms with Crippen LogP contribution in [0.15, 0.2) is 0 Å². The molecule has 0 atom stereocenters. The summed E-state index contributed by atoms with van der Waals surface area (Å²) >= 11 is 0. The molecule has 0 rings (SSSR count). The molecule has 0 aromatic rings. The third kappa shape index (κ3) is 11.7. The molecular formula is C6H12F2O5S. The van der Waals surface area contributed by atoms with Gasteiger partial charge in [-0.15, -0.1) is 0 Å². The molecule has 0 aromatic heterocycles. The molecule has 0 fully saturated rings. The third-order valence-corrected chi connectivity index (χ3v) is 1.59. The monoisotopic (exact) mass is 234 g/mol. The Morgan fingerprint density at radius 1 is 1.14 bits per heavy atom. The molecule has 0 bridgehead atoms. The van der Waals surface area contributed by atoms with E-state index in [-0.39, 0.29) is 26.4 Å². The highest BCUT2D eigenvalue weighted by atomic mass is 32.2. The summed E-state index contributed by atoms with van der Waals surface area (Å²) in [6, 6.07) is 0. The summed E-state index contributed by atoms with van der Waals surface area (Å²) in [6.45, 7) is -3.20. The summed E-state index contributed by atoms with van der Waals surface area (Å²) in [5, 5.41) is 0. The van der Waals surface area contributed by atoms with Crippen LogP contribution in [0.4, 0.5) is 8.78 Å². The topological polar surface area (TPSA) is 61.8 Å². The van der Waals surface area contributed by atoms with Gasteiger partial charge < -0.3 is 9.47 Å². The van der Waals surface area contributed by atoms with Gasteiger partial charge in [0.2, 0.25) is 0 Å². The molecule has 0 radical (unpaired) electrons. The quantitative estimate of drug-likeness (QED) is 0.444. The van der Waals surface area contributed by atoms with Gasteiger partial charge in [-0.2, -0.15) is 17.2 Å². The number of rotatable bonds is 8. The van der Waals surface area contributed by atoms with E-state index in [0.717, 1.165) is 6.26 Å². The van der Waals surface area contributed by atoms with Crippen LogP contribution in [-0.4, -0.2) is 47.7 Å². The van der Waals surface area contributed by atoms with E-state index < -0.39 is 16.7 Å². The number of hydrogen-bond donors (Lipinski definition) is 0. The maximum absolute atomic E-state index is 11.4. The van der Waals surface area contributed by atoms with Crippen LogP contribution in [0.5, 0.6) is 0 Å². The van der Waals surface area contributed by atoms with Crippen molar-refractivity contribution in [2.24, 2.45) is 0 Å². The molecule has 86 valence electrons. The van der Waals surface area contributed by atoms with Crippen molar-refractivity contribution in [3.05, 3.63) is 0 Å². The van der Waals surface area contributed by atoms with Gasteiger partial charge in [-0.05, 0) is 0 Å². The third-order valence-electron chi connectivity index (χ3n) is 0.997. The van der Waals surface area contributed by atoms with Crippen LogP contribution in [-0.2, 0) is 23.8 Å². The van der Waals surface area contributed by atoms with Gasteiger partial charge in [-0.1, -0.05) is 0 Å². The van der Waals surface area contributed by atoms with Crippen molar-refractivity contribution < 1.29 is 30.9 Å². The lowest BCUT2D eigenvalue weighted by Gasteiger charge is -2.04. The van der Waals surface area contributed by atoms with Crippen LogP contribution in [0.1, 0.15) is 0 Å². The van der Waals surface area contributed by atoms with Gasteiger partial charge in [-0.3, -0.25) is 4.18 Å². The van der Waals surface area contributed by atoms with E-state index in [0.29, 0.717) is 0 Å². The van der Waals surface area contributed by atoms with Crippen molar-refractivity contribution in [1.29, 1.82) is 0 Å². The normalized spacial score (nSPS) is 12.3. The van der Waals surface area contributed by atoms with Gasteiger partial charge in [0, 0.05) is 0 Å². The molecule has 0 aliphatic heterocycles. The fourth-order valence-electron chi connectivity index (χ4n) is 0.543. The summed E-state index contributed by atoms with van der Waals surface area (Å²) in [4.78, 5) is 0. The predicted molar refractivity (Wildman–Crippen MR) is 43.6 cm³/mol. The number of hydrogen-bond acceptors (Lipinski definition) is 5. The van der Waals surface area contributed by atoms with E-state index in [4.69, 9.17) is 4.74 Å². The second-order valence-electron chi connectivity index (χ2n) is 2.27. The average molecular weight is 234 g/mol. The predicted octanol–water partition coefficient (Wildman–Crippen LogP) is 0.218. The first-order valence-corrected chi connectivity index (χ1v) is 5.55. The summed E-state index contributed by atoms with van der Waals surface area (Å²) in [6.07, 6.45) is 0.910. The Balaban J connectivity index is 3.15. The van der Waals surface area contributed by atoms with Crippen molar-refractivity contribution in [3.8, 4) is 0 Å².